The number of benzene rings is 2. The van der Waals surface area contributed by atoms with E-state index in [4.69, 9.17) is 4.74 Å². The monoisotopic (exact) mass is 282 g/mol. The fourth-order valence-electron chi connectivity index (χ4n) is 2.00. The number of hydrogen-bond donors (Lipinski definition) is 1. The topological polar surface area (TPSA) is 29.5 Å². The second kappa shape index (κ2) is 5.54. The van der Waals surface area contributed by atoms with E-state index in [1.807, 2.05) is 0 Å². The summed E-state index contributed by atoms with van der Waals surface area (Å²) in [5.41, 5.74) is 0.126. The highest BCUT2D eigenvalue weighted by Gasteiger charge is 2.22. The van der Waals surface area contributed by atoms with Crippen LogP contribution in [-0.4, -0.2) is 12.2 Å². The zero-order chi connectivity index (χ0) is 14.9. The molecule has 0 aliphatic rings. The lowest BCUT2D eigenvalue weighted by atomic mass is 9.96. The predicted octanol–water partition coefficient (Wildman–Crippen LogP) is 3.50. The summed E-state index contributed by atoms with van der Waals surface area (Å²) in [4.78, 5) is 0. The van der Waals surface area contributed by atoms with E-state index in [0.717, 1.165) is 18.2 Å². The Morgan fingerprint density at radius 2 is 1.65 bits per heavy atom. The third-order valence-electron chi connectivity index (χ3n) is 3.10. The molecule has 2 aromatic carbocycles. The van der Waals surface area contributed by atoms with Gasteiger partial charge in [0.1, 0.15) is 29.3 Å². The van der Waals surface area contributed by atoms with Crippen LogP contribution >= 0.6 is 0 Å². The lowest BCUT2D eigenvalue weighted by Crippen LogP contribution is -2.08. The Labute approximate surface area is 114 Å². The van der Waals surface area contributed by atoms with Gasteiger partial charge in [-0.1, -0.05) is 6.07 Å². The molecule has 2 rings (SSSR count). The zero-order valence-electron chi connectivity index (χ0n) is 11.0. The van der Waals surface area contributed by atoms with Crippen LogP contribution in [0.4, 0.5) is 13.2 Å². The molecule has 0 aliphatic carbocycles. The van der Waals surface area contributed by atoms with Crippen LogP contribution in [-0.2, 0) is 0 Å². The largest absolute Gasteiger partial charge is 0.497 e. The molecule has 0 spiro atoms. The molecule has 5 heteroatoms. The second-order valence-corrected chi connectivity index (χ2v) is 4.41. The van der Waals surface area contributed by atoms with Gasteiger partial charge in [-0.3, -0.25) is 0 Å². The van der Waals surface area contributed by atoms with Gasteiger partial charge in [-0.15, -0.1) is 0 Å². The summed E-state index contributed by atoms with van der Waals surface area (Å²) < 4.78 is 45.7. The Hall–Kier alpha value is -2.01. The molecule has 0 fully saturated rings. The minimum Gasteiger partial charge on any atom is -0.497 e. The molecular weight excluding hydrogens is 269 g/mol. The first kappa shape index (κ1) is 14.4. The van der Waals surface area contributed by atoms with E-state index in [0.29, 0.717) is 5.56 Å². The lowest BCUT2D eigenvalue weighted by molar-refractivity contribution is 0.207. The average Bonchev–Trinajstić information content (AvgIpc) is 2.40. The van der Waals surface area contributed by atoms with Crippen molar-refractivity contribution < 1.29 is 23.0 Å². The van der Waals surface area contributed by atoms with Crippen molar-refractivity contribution in [1.82, 2.24) is 0 Å². The molecule has 0 aliphatic heterocycles. The molecule has 0 bridgehead atoms. The van der Waals surface area contributed by atoms with Gasteiger partial charge in [0.05, 0.1) is 12.7 Å². The van der Waals surface area contributed by atoms with E-state index in [-0.39, 0.29) is 11.3 Å². The predicted molar refractivity (Wildman–Crippen MR) is 68.1 cm³/mol. The molecule has 2 aromatic rings. The van der Waals surface area contributed by atoms with Crippen LogP contribution in [0.15, 0.2) is 30.3 Å². The van der Waals surface area contributed by atoms with Crippen molar-refractivity contribution in [1.29, 1.82) is 0 Å². The van der Waals surface area contributed by atoms with Crippen molar-refractivity contribution in [3.05, 3.63) is 64.5 Å². The Balaban J connectivity index is 2.53. The maximum Gasteiger partial charge on any atom is 0.135 e. The summed E-state index contributed by atoms with van der Waals surface area (Å²) in [5, 5.41) is 10.1. The Morgan fingerprint density at radius 3 is 2.20 bits per heavy atom. The molecule has 0 saturated carbocycles. The molecule has 1 atom stereocenters. The molecule has 1 N–H and O–H groups in total. The Morgan fingerprint density at radius 1 is 1.05 bits per heavy atom. The van der Waals surface area contributed by atoms with Crippen LogP contribution in [0.5, 0.6) is 5.75 Å². The van der Waals surface area contributed by atoms with Crippen LogP contribution in [0.1, 0.15) is 22.8 Å². The summed E-state index contributed by atoms with van der Waals surface area (Å²) >= 11 is 0. The van der Waals surface area contributed by atoms with Crippen LogP contribution in [0.3, 0.4) is 0 Å². The molecule has 0 aromatic heterocycles. The van der Waals surface area contributed by atoms with Crippen molar-refractivity contribution in [2.75, 3.05) is 7.11 Å². The van der Waals surface area contributed by atoms with E-state index in [9.17, 15) is 18.3 Å². The van der Waals surface area contributed by atoms with Gasteiger partial charge in [0.2, 0.25) is 0 Å². The lowest BCUT2D eigenvalue weighted by Gasteiger charge is -2.16. The maximum atomic E-state index is 13.9. The van der Waals surface area contributed by atoms with E-state index >= 15 is 0 Å². The van der Waals surface area contributed by atoms with E-state index < -0.39 is 29.1 Å². The number of aliphatic hydroxyl groups excluding tert-OH is 1. The standard InChI is InChI=1S/C15H13F3O2/c1-8-3-4-9(16)5-11(8)15(19)14-12(17)6-10(20-2)7-13(14)18/h3-7,15,19H,1-2H3. The highest BCUT2D eigenvalue weighted by Crippen LogP contribution is 2.31. The number of ether oxygens (including phenoxy) is 1. The third-order valence-corrected chi connectivity index (χ3v) is 3.10. The first-order valence-electron chi connectivity index (χ1n) is 5.91. The van der Waals surface area contributed by atoms with E-state index in [1.165, 1.54) is 19.2 Å². The number of aliphatic hydroxyl groups is 1. The van der Waals surface area contributed by atoms with Gasteiger partial charge in [-0.2, -0.15) is 0 Å². The molecule has 20 heavy (non-hydrogen) atoms. The molecule has 0 heterocycles. The molecule has 0 amide bonds. The average molecular weight is 282 g/mol. The SMILES string of the molecule is COc1cc(F)c(C(O)c2cc(F)ccc2C)c(F)c1. The summed E-state index contributed by atoms with van der Waals surface area (Å²) in [6.45, 7) is 1.62. The van der Waals surface area contributed by atoms with Gasteiger partial charge >= 0.3 is 0 Å². The Bertz CT molecular complexity index is 618. The van der Waals surface area contributed by atoms with E-state index in [1.54, 1.807) is 6.92 Å². The van der Waals surface area contributed by atoms with Crippen molar-refractivity contribution in [2.45, 2.75) is 13.0 Å². The first-order chi connectivity index (χ1) is 9.43. The van der Waals surface area contributed by atoms with Gasteiger partial charge in [-0.05, 0) is 30.2 Å². The van der Waals surface area contributed by atoms with Gasteiger partial charge in [-0.25, -0.2) is 13.2 Å². The smallest absolute Gasteiger partial charge is 0.135 e. The minimum atomic E-state index is -1.59. The molecule has 2 nitrogen and oxygen atoms in total. The highest BCUT2D eigenvalue weighted by molar-refractivity contribution is 5.39. The number of aryl methyl sites for hydroxylation is 1. The van der Waals surface area contributed by atoms with Crippen LogP contribution < -0.4 is 4.74 Å². The number of hydrogen-bond acceptors (Lipinski definition) is 2. The maximum absolute atomic E-state index is 13.9. The van der Waals surface area contributed by atoms with Gasteiger partial charge in [0.15, 0.2) is 0 Å². The van der Waals surface area contributed by atoms with Crippen molar-refractivity contribution in [2.24, 2.45) is 0 Å². The number of halogens is 3. The summed E-state index contributed by atoms with van der Waals surface area (Å²) in [6.07, 6.45) is -1.59. The summed E-state index contributed by atoms with van der Waals surface area (Å²) in [5.74, 6) is -2.47. The number of methoxy groups -OCH3 is 1. The summed E-state index contributed by atoms with van der Waals surface area (Å²) in [7, 11) is 1.28. The fraction of sp³-hybridized carbons (Fsp3) is 0.200. The molecule has 0 radical (unpaired) electrons. The molecule has 106 valence electrons. The van der Waals surface area contributed by atoms with Crippen molar-refractivity contribution in [3.8, 4) is 5.75 Å². The van der Waals surface area contributed by atoms with Gasteiger partial charge in [0, 0.05) is 12.1 Å². The third kappa shape index (κ3) is 2.63. The summed E-state index contributed by atoms with van der Waals surface area (Å²) in [6, 6.07) is 5.65. The first-order valence-corrected chi connectivity index (χ1v) is 5.91. The number of rotatable bonds is 3. The zero-order valence-corrected chi connectivity index (χ0v) is 11.0. The van der Waals surface area contributed by atoms with Crippen molar-refractivity contribution >= 4 is 0 Å². The minimum absolute atomic E-state index is 0.00640. The quantitative estimate of drug-likeness (QED) is 0.933. The van der Waals surface area contributed by atoms with E-state index in [2.05, 4.69) is 0 Å². The second-order valence-electron chi connectivity index (χ2n) is 4.41. The van der Waals surface area contributed by atoms with Crippen LogP contribution in [0.2, 0.25) is 0 Å². The van der Waals surface area contributed by atoms with Gasteiger partial charge in [0.25, 0.3) is 0 Å². The van der Waals surface area contributed by atoms with Crippen LogP contribution in [0, 0.1) is 24.4 Å². The highest BCUT2D eigenvalue weighted by atomic mass is 19.1. The molecule has 1 unspecified atom stereocenters. The van der Waals surface area contributed by atoms with Gasteiger partial charge < -0.3 is 9.84 Å². The molecular formula is C15H13F3O2. The van der Waals surface area contributed by atoms with Crippen molar-refractivity contribution in [3.63, 3.8) is 0 Å². The fourth-order valence-corrected chi connectivity index (χ4v) is 2.00. The Kier molecular flexibility index (Phi) is 3.99. The van der Waals surface area contributed by atoms with Crippen LogP contribution in [0.25, 0.3) is 0 Å². The normalized spacial score (nSPS) is 12.3. The molecule has 0 saturated heterocycles.